The van der Waals surface area contributed by atoms with Crippen LogP contribution < -0.4 is 4.74 Å². The largest absolute Gasteiger partial charge is 0.487 e. The molecule has 0 bridgehead atoms. The van der Waals surface area contributed by atoms with Gasteiger partial charge in [-0.15, -0.1) is 0 Å². The molecule has 3 heteroatoms. The summed E-state index contributed by atoms with van der Waals surface area (Å²) in [5.41, 5.74) is 6.62. The van der Waals surface area contributed by atoms with Crippen LogP contribution in [0, 0.1) is 6.92 Å². The maximum absolute atomic E-state index is 5.97. The van der Waals surface area contributed by atoms with Gasteiger partial charge in [0, 0.05) is 5.56 Å². The summed E-state index contributed by atoms with van der Waals surface area (Å²) >= 11 is 0. The number of aromatic nitrogens is 2. The van der Waals surface area contributed by atoms with Crippen LogP contribution in [0.3, 0.4) is 0 Å². The summed E-state index contributed by atoms with van der Waals surface area (Å²) in [5.74, 6) is 0.849. The van der Waals surface area contributed by atoms with Crippen molar-refractivity contribution < 1.29 is 4.74 Å². The summed E-state index contributed by atoms with van der Waals surface area (Å²) in [7, 11) is 0. The number of aromatic amines is 1. The number of ether oxygens (including phenoxy) is 1. The molecule has 0 unspecified atom stereocenters. The maximum atomic E-state index is 5.97. The molecule has 0 saturated carbocycles. The van der Waals surface area contributed by atoms with Gasteiger partial charge in [0.05, 0.1) is 11.4 Å². The van der Waals surface area contributed by atoms with E-state index in [1.54, 1.807) is 0 Å². The predicted octanol–water partition coefficient (Wildman–Crippen LogP) is 6.66. The zero-order valence-corrected chi connectivity index (χ0v) is 16.6. The van der Waals surface area contributed by atoms with E-state index in [0.29, 0.717) is 6.61 Å². The highest BCUT2D eigenvalue weighted by molar-refractivity contribution is 5.68. The predicted molar refractivity (Wildman–Crippen MR) is 116 cm³/mol. The molecule has 0 aliphatic carbocycles. The molecule has 1 aromatic heterocycles. The number of aryl methyl sites for hydroxylation is 1. The average molecular weight is 370 g/mol. The fraction of sp³-hybridized carbons (Fsp3) is 0.160. The van der Waals surface area contributed by atoms with Crippen LogP contribution in [0.2, 0.25) is 0 Å². The van der Waals surface area contributed by atoms with E-state index in [4.69, 9.17) is 4.74 Å². The van der Waals surface area contributed by atoms with E-state index in [2.05, 4.69) is 53.5 Å². The summed E-state index contributed by atoms with van der Waals surface area (Å²) < 4.78 is 5.97. The topological polar surface area (TPSA) is 37.9 Å². The van der Waals surface area contributed by atoms with Gasteiger partial charge in [-0.2, -0.15) is 5.10 Å². The van der Waals surface area contributed by atoms with Gasteiger partial charge in [0.2, 0.25) is 0 Å². The molecule has 1 N–H and O–H groups in total. The van der Waals surface area contributed by atoms with E-state index in [-0.39, 0.29) is 0 Å². The fourth-order valence-electron chi connectivity index (χ4n) is 3.00. The molecule has 3 aromatic carbocycles. The molecule has 3 nitrogen and oxygen atoms in total. The first-order chi connectivity index (χ1) is 13.8. The van der Waals surface area contributed by atoms with Crippen LogP contribution in [0.15, 0.2) is 84.9 Å². The summed E-state index contributed by atoms with van der Waals surface area (Å²) in [6.45, 7) is 6.58. The highest BCUT2D eigenvalue weighted by atomic mass is 16.5. The minimum atomic E-state index is 0.455. The number of nitrogens with zero attached hydrogens (tertiary/aromatic N) is 1. The molecule has 0 saturated heterocycles. The highest BCUT2D eigenvalue weighted by Crippen LogP contribution is 2.27. The molecular formula is C25H26N2O. The van der Waals surface area contributed by atoms with E-state index >= 15 is 0 Å². The summed E-state index contributed by atoms with van der Waals surface area (Å²) in [4.78, 5) is 0. The Morgan fingerprint density at radius 1 is 0.786 bits per heavy atom. The average Bonchev–Trinajstić information content (AvgIpc) is 3.24. The molecule has 0 aliphatic rings. The van der Waals surface area contributed by atoms with Crippen molar-refractivity contribution in [3.05, 3.63) is 96.2 Å². The normalized spacial score (nSPS) is 10.1. The van der Waals surface area contributed by atoms with E-state index in [1.807, 2.05) is 62.4 Å². The fourth-order valence-corrected chi connectivity index (χ4v) is 3.00. The van der Waals surface area contributed by atoms with E-state index in [0.717, 1.165) is 28.3 Å². The lowest BCUT2D eigenvalue weighted by atomic mass is 10.0. The molecular weight excluding hydrogens is 344 g/mol. The molecule has 0 fully saturated rings. The van der Waals surface area contributed by atoms with Gasteiger partial charge in [0.1, 0.15) is 12.4 Å². The molecule has 142 valence electrons. The highest BCUT2D eigenvalue weighted by Gasteiger charge is 2.06. The summed E-state index contributed by atoms with van der Waals surface area (Å²) in [5, 5.41) is 7.43. The molecule has 28 heavy (non-hydrogen) atoms. The Balaban J connectivity index is 0.00000109. The Kier molecular flexibility index (Phi) is 6.64. The van der Waals surface area contributed by atoms with Crippen LogP contribution in [0.1, 0.15) is 25.1 Å². The Labute approximate surface area is 167 Å². The molecule has 4 aromatic rings. The van der Waals surface area contributed by atoms with Gasteiger partial charge in [-0.1, -0.05) is 80.6 Å². The van der Waals surface area contributed by atoms with Crippen molar-refractivity contribution in [2.75, 3.05) is 0 Å². The molecule has 0 atom stereocenters. The molecule has 4 rings (SSSR count). The third-order valence-electron chi connectivity index (χ3n) is 4.38. The number of H-pyrrole nitrogens is 1. The Morgan fingerprint density at radius 3 is 2.29 bits per heavy atom. The van der Waals surface area contributed by atoms with Crippen LogP contribution in [0.4, 0.5) is 0 Å². The maximum Gasteiger partial charge on any atom is 0.130 e. The quantitative estimate of drug-likeness (QED) is 0.427. The SMILES string of the molecule is CC.Cc1ccccc1-c1cccc(OCc2cc(-c3ccccc3)n[nH]2)c1. The summed E-state index contributed by atoms with van der Waals surface area (Å²) in [6.07, 6.45) is 0. The van der Waals surface area contributed by atoms with Gasteiger partial charge in [-0.3, -0.25) is 5.10 Å². The molecule has 0 amide bonds. The van der Waals surface area contributed by atoms with Gasteiger partial charge in [0.25, 0.3) is 0 Å². The number of hydrogen-bond donors (Lipinski definition) is 1. The lowest BCUT2D eigenvalue weighted by Gasteiger charge is -2.09. The Hall–Kier alpha value is -3.33. The van der Waals surface area contributed by atoms with Gasteiger partial charge in [0.15, 0.2) is 0 Å². The minimum absolute atomic E-state index is 0.455. The molecule has 1 heterocycles. The second-order valence-electron chi connectivity index (χ2n) is 6.28. The van der Waals surface area contributed by atoms with Crippen LogP contribution in [0.25, 0.3) is 22.4 Å². The van der Waals surface area contributed by atoms with Crippen LogP contribution >= 0.6 is 0 Å². The number of benzene rings is 3. The van der Waals surface area contributed by atoms with Crippen molar-refractivity contribution in [1.82, 2.24) is 10.2 Å². The molecule has 0 radical (unpaired) electrons. The first-order valence-corrected chi connectivity index (χ1v) is 9.68. The second-order valence-corrected chi connectivity index (χ2v) is 6.28. The third kappa shape index (κ3) is 4.68. The first kappa shape index (κ1) is 19.4. The minimum Gasteiger partial charge on any atom is -0.487 e. The lowest BCUT2D eigenvalue weighted by Crippen LogP contribution is -1.96. The van der Waals surface area contributed by atoms with Crippen molar-refractivity contribution in [3.63, 3.8) is 0 Å². The standard InChI is InChI=1S/C23H20N2O.C2H6/c1-17-8-5-6-13-22(17)19-11-7-12-21(14-19)26-16-20-15-23(25-24-20)18-9-3-2-4-10-18;1-2/h2-15H,16H2,1H3,(H,24,25);1-2H3. The second kappa shape index (κ2) is 9.56. The van der Waals surface area contributed by atoms with E-state index < -0.39 is 0 Å². The van der Waals surface area contributed by atoms with Gasteiger partial charge in [-0.05, 0) is 41.8 Å². The third-order valence-corrected chi connectivity index (χ3v) is 4.38. The van der Waals surface area contributed by atoms with Gasteiger partial charge < -0.3 is 4.74 Å². The number of rotatable bonds is 5. The van der Waals surface area contributed by atoms with Crippen molar-refractivity contribution in [3.8, 4) is 28.1 Å². The van der Waals surface area contributed by atoms with E-state index in [9.17, 15) is 0 Å². The van der Waals surface area contributed by atoms with Crippen LogP contribution in [-0.4, -0.2) is 10.2 Å². The Morgan fingerprint density at radius 2 is 1.50 bits per heavy atom. The lowest BCUT2D eigenvalue weighted by molar-refractivity contribution is 0.301. The van der Waals surface area contributed by atoms with Gasteiger partial charge >= 0.3 is 0 Å². The zero-order valence-electron chi connectivity index (χ0n) is 16.6. The number of nitrogens with one attached hydrogen (secondary N) is 1. The monoisotopic (exact) mass is 370 g/mol. The van der Waals surface area contributed by atoms with Crippen molar-refractivity contribution in [2.45, 2.75) is 27.4 Å². The summed E-state index contributed by atoms with van der Waals surface area (Å²) in [6, 6.07) is 28.7. The van der Waals surface area contributed by atoms with E-state index in [1.165, 1.54) is 11.1 Å². The van der Waals surface area contributed by atoms with Crippen molar-refractivity contribution in [1.29, 1.82) is 0 Å². The van der Waals surface area contributed by atoms with Crippen molar-refractivity contribution >= 4 is 0 Å². The van der Waals surface area contributed by atoms with Crippen molar-refractivity contribution in [2.24, 2.45) is 0 Å². The molecule has 0 spiro atoms. The zero-order chi connectivity index (χ0) is 19.8. The smallest absolute Gasteiger partial charge is 0.130 e. The Bertz CT molecular complexity index is 1010. The first-order valence-electron chi connectivity index (χ1n) is 9.68. The van der Waals surface area contributed by atoms with Crippen LogP contribution in [-0.2, 0) is 6.61 Å². The van der Waals surface area contributed by atoms with Gasteiger partial charge in [-0.25, -0.2) is 0 Å². The van der Waals surface area contributed by atoms with Crippen LogP contribution in [0.5, 0.6) is 5.75 Å². The molecule has 0 aliphatic heterocycles. The number of hydrogen-bond acceptors (Lipinski definition) is 2.